The van der Waals surface area contributed by atoms with Gasteiger partial charge in [-0.3, -0.25) is 9.59 Å². The minimum Gasteiger partial charge on any atom is -0.466 e. The largest absolute Gasteiger partial charge is 0.466 e. The Morgan fingerprint density at radius 1 is 0.396 bits per heavy atom. The van der Waals surface area contributed by atoms with E-state index in [0.29, 0.717) is 19.4 Å². The fraction of sp³-hybridized carbons (Fsp3) is 0.925. The number of unbranched alkanes of at least 4 members (excludes halogenated alkanes) is 56. The number of aliphatic hydroxyl groups excluding tert-OH is 5. The Bertz CT molecular complexity index is 1560. The fourth-order valence-corrected chi connectivity index (χ4v) is 13.0. The molecule has 6 N–H and O–H groups in total. The quantitative estimate of drug-likeness (QED) is 0.0195. The summed E-state index contributed by atoms with van der Waals surface area (Å²) in [6, 6.07) is -0.804. The smallest absolute Gasteiger partial charge is 0.305 e. The maximum absolute atomic E-state index is 13.0. The maximum atomic E-state index is 13.0. The molecule has 1 saturated heterocycles. The van der Waals surface area contributed by atoms with Crippen LogP contribution in [0.4, 0.5) is 0 Å². The summed E-state index contributed by atoms with van der Waals surface area (Å²) in [4.78, 5) is 25.2. The normalized spacial score (nSPS) is 17.6. The lowest BCUT2D eigenvalue weighted by Gasteiger charge is -2.40. The molecule has 1 fully saturated rings. The Kier molecular flexibility index (Phi) is 66.6. The molecule has 7 atom stereocenters. The van der Waals surface area contributed by atoms with E-state index in [1.165, 1.54) is 327 Å². The van der Waals surface area contributed by atoms with Gasteiger partial charge in [0.05, 0.1) is 32.0 Å². The number of aliphatic hydroxyl groups is 5. The first-order valence-electron chi connectivity index (χ1n) is 40.1. The van der Waals surface area contributed by atoms with E-state index in [-0.39, 0.29) is 18.5 Å². The van der Waals surface area contributed by atoms with Crippen LogP contribution >= 0.6 is 0 Å². The molecule has 0 aromatic heterocycles. The summed E-state index contributed by atoms with van der Waals surface area (Å²) in [7, 11) is 0. The van der Waals surface area contributed by atoms with Crippen molar-refractivity contribution in [2.75, 3.05) is 19.8 Å². The Morgan fingerprint density at radius 2 is 0.703 bits per heavy atom. The van der Waals surface area contributed by atoms with Crippen molar-refractivity contribution in [1.29, 1.82) is 0 Å². The number of allylic oxidation sites excluding steroid dienone is 3. The summed E-state index contributed by atoms with van der Waals surface area (Å²) in [6.45, 7) is 4.36. The van der Waals surface area contributed by atoms with Gasteiger partial charge >= 0.3 is 5.97 Å². The summed E-state index contributed by atoms with van der Waals surface area (Å²) in [6.07, 6.45) is 79.5. The van der Waals surface area contributed by atoms with Gasteiger partial charge in [-0.2, -0.15) is 0 Å². The summed E-state index contributed by atoms with van der Waals surface area (Å²) < 4.78 is 16.8. The van der Waals surface area contributed by atoms with E-state index >= 15 is 0 Å². The molecule has 11 nitrogen and oxygen atoms in total. The summed E-state index contributed by atoms with van der Waals surface area (Å²) in [5.41, 5.74) is 0. The number of nitrogens with one attached hydrogen (secondary N) is 1. The Hall–Kier alpha value is -1.86. The lowest BCUT2D eigenvalue weighted by atomic mass is 9.99. The highest BCUT2D eigenvalue weighted by Gasteiger charge is 2.44. The highest BCUT2D eigenvalue weighted by molar-refractivity contribution is 5.76. The first kappa shape index (κ1) is 87.2. The van der Waals surface area contributed by atoms with E-state index in [4.69, 9.17) is 14.2 Å². The molecule has 0 aromatic rings. The monoisotopic (exact) mass is 1290 g/mol. The van der Waals surface area contributed by atoms with E-state index in [1.54, 1.807) is 6.08 Å². The van der Waals surface area contributed by atoms with E-state index in [9.17, 15) is 35.1 Å². The highest BCUT2D eigenvalue weighted by Crippen LogP contribution is 2.24. The average Bonchev–Trinajstić information content (AvgIpc) is 1.27. The molecule has 0 aromatic carbocycles. The third kappa shape index (κ3) is 58.1. The zero-order chi connectivity index (χ0) is 65.8. The minimum absolute atomic E-state index is 0.0164. The van der Waals surface area contributed by atoms with E-state index in [2.05, 4.69) is 31.3 Å². The van der Waals surface area contributed by atoms with Crippen molar-refractivity contribution in [2.24, 2.45) is 0 Å². The fourth-order valence-electron chi connectivity index (χ4n) is 13.0. The lowest BCUT2D eigenvalue weighted by molar-refractivity contribution is -0.302. The molecule has 0 saturated carbocycles. The first-order valence-corrected chi connectivity index (χ1v) is 40.1. The molecule has 91 heavy (non-hydrogen) atoms. The van der Waals surface area contributed by atoms with E-state index in [1.807, 2.05) is 6.08 Å². The molecule has 0 bridgehead atoms. The van der Waals surface area contributed by atoms with Gasteiger partial charge in [-0.1, -0.05) is 366 Å². The third-order valence-corrected chi connectivity index (χ3v) is 19.3. The number of hydrogen-bond donors (Lipinski definition) is 6. The topological polar surface area (TPSA) is 175 Å². The first-order chi connectivity index (χ1) is 44.7. The van der Waals surface area contributed by atoms with Crippen molar-refractivity contribution >= 4 is 11.9 Å². The SMILES string of the molecule is CCCCCCCC/C=C\CCCCCCCCCCCC(=O)OCCCCCCCCCCCCCCCCCCCCCCCCCCCCCCCCCCCCCC(=O)NC(COC1OC(CO)C(O)C(O)C1O)C(O)/C=C/CCCCCCCCC. The van der Waals surface area contributed by atoms with Gasteiger partial charge < -0.3 is 45.1 Å². The molecule has 7 unspecified atom stereocenters. The van der Waals surface area contributed by atoms with Crippen LogP contribution in [0.3, 0.4) is 0 Å². The van der Waals surface area contributed by atoms with Crippen molar-refractivity contribution in [2.45, 2.75) is 455 Å². The Morgan fingerprint density at radius 3 is 1.05 bits per heavy atom. The second-order valence-electron chi connectivity index (χ2n) is 28.1. The van der Waals surface area contributed by atoms with Crippen molar-refractivity contribution in [3.8, 4) is 0 Å². The van der Waals surface area contributed by atoms with Crippen LogP contribution in [0.25, 0.3) is 0 Å². The molecule has 0 aliphatic carbocycles. The van der Waals surface area contributed by atoms with Gasteiger partial charge in [0.2, 0.25) is 5.91 Å². The van der Waals surface area contributed by atoms with Crippen LogP contribution < -0.4 is 5.32 Å². The minimum atomic E-state index is -1.57. The highest BCUT2D eigenvalue weighted by atomic mass is 16.7. The van der Waals surface area contributed by atoms with Crippen LogP contribution in [0.2, 0.25) is 0 Å². The predicted octanol–water partition coefficient (Wildman–Crippen LogP) is 21.5. The number of carbonyl (C=O) groups excluding carboxylic acids is 2. The van der Waals surface area contributed by atoms with Crippen LogP contribution in [0.5, 0.6) is 0 Å². The summed E-state index contributed by atoms with van der Waals surface area (Å²) >= 11 is 0. The second kappa shape index (κ2) is 69.5. The molecule has 1 amide bonds. The molecule has 0 radical (unpaired) electrons. The van der Waals surface area contributed by atoms with Gasteiger partial charge in [0.15, 0.2) is 6.29 Å². The van der Waals surface area contributed by atoms with Crippen molar-refractivity contribution in [3.63, 3.8) is 0 Å². The van der Waals surface area contributed by atoms with Gasteiger partial charge in [-0.15, -0.1) is 0 Å². The number of esters is 1. The molecule has 1 aliphatic rings. The molecule has 11 heteroatoms. The van der Waals surface area contributed by atoms with Gasteiger partial charge in [-0.25, -0.2) is 0 Å². The van der Waals surface area contributed by atoms with Crippen molar-refractivity contribution in [3.05, 3.63) is 24.3 Å². The van der Waals surface area contributed by atoms with E-state index in [0.717, 1.165) is 57.8 Å². The Balaban J connectivity index is 1.83. The Labute approximate surface area is 562 Å². The third-order valence-electron chi connectivity index (χ3n) is 19.3. The molecule has 1 rings (SSSR count). The molecule has 1 aliphatic heterocycles. The van der Waals surface area contributed by atoms with Crippen LogP contribution in [0.15, 0.2) is 24.3 Å². The van der Waals surface area contributed by atoms with E-state index < -0.39 is 49.5 Å². The van der Waals surface area contributed by atoms with Crippen LogP contribution in [-0.2, 0) is 23.8 Å². The van der Waals surface area contributed by atoms with Crippen LogP contribution in [0.1, 0.15) is 412 Å². The molecular weight excluding hydrogens is 1130 g/mol. The maximum Gasteiger partial charge on any atom is 0.305 e. The van der Waals surface area contributed by atoms with Crippen LogP contribution in [-0.4, -0.2) is 100 Å². The van der Waals surface area contributed by atoms with Crippen LogP contribution in [0, 0.1) is 0 Å². The average molecular weight is 1290 g/mol. The summed E-state index contributed by atoms with van der Waals surface area (Å²) in [5, 5.41) is 54.4. The van der Waals surface area contributed by atoms with Crippen molar-refractivity contribution < 1.29 is 49.3 Å². The van der Waals surface area contributed by atoms with Crippen molar-refractivity contribution in [1.82, 2.24) is 5.32 Å². The number of amides is 1. The standard InChI is InChI=1S/C80H153NO10/c1-3-5-7-9-11-13-14-15-16-17-35-39-42-45-48-52-56-60-64-68-76(85)89-69-65-61-57-53-49-46-43-40-37-34-32-30-28-26-24-22-20-18-19-21-23-25-27-29-31-33-36-38-41-44-47-51-55-59-63-67-75(84)81-72(73(83)66-62-58-54-50-12-10-8-6-4-2)71-90-80-79(88)78(87)77(86)74(70-82)91-80/h15-16,62,66,72-74,77-80,82-83,86-88H,3-14,17-61,63-65,67-71H2,1-2H3,(H,81,84)/b16-15-,66-62+. The molecular formula is C80H153NO10. The van der Waals surface area contributed by atoms with Gasteiger partial charge in [-0.05, 0) is 57.8 Å². The summed E-state index contributed by atoms with van der Waals surface area (Å²) in [5.74, 6) is -0.160. The molecule has 1 heterocycles. The lowest BCUT2D eigenvalue weighted by Crippen LogP contribution is -2.60. The second-order valence-corrected chi connectivity index (χ2v) is 28.1. The number of ether oxygens (including phenoxy) is 3. The molecule has 538 valence electrons. The van der Waals surface area contributed by atoms with Gasteiger partial charge in [0.1, 0.15) is 24.4 Å². The number of hydrogen-bond acceptors (Lipinski definition) is 10. The zero-order valence-electron chi connectivity index (χ0n) is 60.1. The predicted molar refractivity (Wildman–Crippen MR) is 384 cm³/mol. The van der Waals surface area contributed by atoms with Gasteiger partial charge in [0.25, 0.3) is 0 Å². The number of carbonyl (C=O) groups is 2. The zero-order valence-corrected chi connectivity index (χ0v) is 60.1. The number of rotatable bonds is 72. The molecule has 0 spiro atoms. The van der Waals surface area contributed by atoms with Gasteiger partial charge in [0, 0.05) is 12.8 Å².